The van der Waals surface area contributed by atoms with E-state index < -0.39 is 0 Å². The molecule has 2 N–H and O–H groups in total. The standard InChI is InChI=1S/C20H25FN2O2/c1-24-19-7-6-15(10-20(19)25-2)16-9-18(22)13-23(12-16)11-14-4-3-5-17(21)8-14/h3-8,10,16,18H,9,11-13,22H2,1-2H3. The molecule has 1 saturated heterocycles. The molecule has 2 aromatic rings. The highest BCUT2D eigenvalue weighted by Crippen LogP contribution is 2.34. The van der Waals surface area contributed by atoms with Crippen molar-refractivity contribution in [1.29, 1.82) is 0 Å². The Morgan fingerprint density at radius 2 is 1.88 bits per heavy atom. The zero-order valence-corrected chi connectivity index (χ0v) is 14.7. The third kappa shape index (κ3) is 4.30. The number of rotatable bonds is 5. The molecule has 2 unspecified atom stereocenters. The number of benzene rings is 2. The molecule has 2 atom stereocenters. The molecular formula is C20H25FN2O2. The van der Waals surface area contributed by atoms with Crippen molar-refractivity contribution in [1.82, 2.24) is 4.90 Å². The fourth-order valence-corrected chi connectivity index (χ4v) is 3.60. The molecule has 1 aliphatic heterocycles. The summed E-state index contributed by atoms with van der Waals surface area (Å²) in [7, 11) is 3.28. The van der Waals surface area contributed by atoms with Gasteiger partial charge in [-0.05, 0) is 47.7 Å². The minimum absolute atomic E-state index is 0.0976. The lowest BCUT2D eigenvalue weighted by molar-refractivity contribution is 0.181. The van der Waals surface area contributed by atoms with Crippen molar-refractivity contribution in [3.8, 4) is 11.5 Å². The van der Waals surface area contributed by atoms with E-state index in [0.29, 0.717) is 12.5 Å². The molecule has 0 saturated carbocycles. The zero-order chi connectivity index (χ0) is 17.8. The predicted molar refractivity (Wildman–Crippen MR) is 96.6 cm³/mol. The number of hydrogen-bond donors (Lipinski definition) is 1. The molecule has 3 rings (SSSR count). The van der Waals surface area contributed by atoms with Gasteiger partial charge in [0.05, 0.1) is 14.2 Å². The largest absolute Gasteiger partial charge is 0.493 e. The van der Waals surface area contributed by atoms with Crippen LogP contribution in [0.4, 0.5) is 4.39 Å². The highest BCUT2D eigenvalue weighted by Gasteiger charge is 2.27. The minimum atomic E-state index is -0.199. The number of nitrogens with two attached hydrogens (primary N) is 1. The SMILES string of the molecule is COc1ccc(C2CC(N)CN(Cc3cccc(F)c3)C2)cc1OC. The summed E-state index contributed by atoms with van der Waals surface area (Å²) in [4.78, 5) is 2.30. The second-order valence-electron chi connectivity index (χ2n) is 6.63. The van der Waals surface area contributed by atoms with E-state index in [1.165, 1.54) is 11.6 Å². The van der Waals surface area contributed by atoms with Gasteiger partial charge < -0.3 is 15.2 Å². The van der Waals surface area contributed by atoms with Gasteiger partial charge in [-0.1, -0.05) is 18.2 Å². The summed E-state index contributed by atoms with van der Waals surface area (Å²) < 4.78 is 24.2. The number of hydrogen-bond acceptors (Lipinski definition) is 4. The predicted octanol–water partition coefficient (Wildman–Crippen LogP) is 3.16. The minimum Gasteiger partial charge on any atom is -0.493 e. The van der Waals surface area contributed by atoms with Crippen LogP contribution in [0, 0.1) is 5.82 Å². The van der Waals surface area contributed by atoms with Gasteiger partial charge in [0.2, 0.25) is 0 Å². The number of piperidine rings is 1. The Hall–Kier alpha value is -2.11. The van der Waals surface area contributed by atoms with Crippen molar-refractivity contribution in [2.75, 3.05) is 27.3 Å². The maximum atomic E-state index is 13.4. The van der Waals surface area contributed by atoms with E-state index in [9.17, 15) is 4.39 Å². The maximum absolute atomic E-state index is 13.4. The first-order valence-corrected chi connectivity index (χ1v) is 8.53. The summed E-state index contributed by atoms with van der Waals surface area (Å²) in [6.45, 7) is 2.41. The second kappa shape index (κ2) is 7.85. The van der Waals surface area contributed by atoms with Crippen molar-refractivity contribution in [2.24, 2.45) is 5.73 Å². The number of halogens is 1. The Kier molecular flexibility index (Phi) is 5.56. The van der Waals surface area contributed by atoms with Crippen LogP contribution in [0.1, 0.15) is 23.5 Å². The summed E-state index contributed by atoms with van der Waals surface area (Å²) in [6.07, 6.45) is 0.926. The quantitative estimate of drug-likeness (QED) is 0.905. The molecule has 1 fully saturated rings. The van der Waals surface area contributed by atoms with Gasteiger partial charge in [-0.2, -0.15) is 0 Å². The Bertz CT molecular complexity index is 723. The maximum Gasteiger partial charge on any atom is 0.160 e. The van der Waals surface area contributed by atoms with Crippen LogP contribution in [0.25, 0.3) is 0 Å². The van der Waals surface area contributed by atoms with Gasteiger partial charge in [0.25, 0.3) is 0 Å². The first-order valence-electron chi connectivity index (χ1n) is 8.53. The third-order valence-electron chi connectivity index (χ3n) is 4.73. The monoisotopic (exact) mass is 344 g/mol. The second-order valence-corrected chi connectivity index (χ2v) is 6.63. The first-order chi connectivity index (χ1) is 12.1. The van der Waals surface area contributed by atoms with E-state index in [1.54, 1.807) is 26.4 Å². The van der Waals surface area contributed by atoms with Crippen LogP contribution in [-0.2, 0) is 6.54 Å². The molecule has 2 aromatic carbocycles. The molecule has 25 heavy (non-hydrogen) atoms. The van der Waals surface area contributed by atoms with E-state index >= 15 is 0 Å². The van der Waals surface area contributed by atoms with Crippen LogP contribution in [0.3, 0.4) is 0 Å². The van der Waals surface area contributed by atoms with Crippen molar-refractivity contribution >= 4 is 0 Å². The fraction of sp³-hybridized carbons (Fsp3) is 0.400. The van der Waals surface area contributed by atoms with Gasteiger partial charge in [-0.3, -0.25) is 4.90 Å². The Balaban J connectivity index is 1.76. The molecule has 0 radical (unpaired) electrons. The van der Waals surface area contributed by atoms with Crippen LogP contribution in [-0.4, -0.2) is 38.3 Å². The Labute approximate surface area is 148 Å². The average Bonchev–Trinajstić information content (AvgIpc) is 2.60. The van der Waals surface area contributed by atoms with Gasteiger partial charge in [0.1, 0.15) is 5.82 Å². The molecule has 0 amide bonds. The summed E-state index contributed by atoms with van der Waals surface area (Å²) in [5.41, 5.74) is 8.46. The van der Waals surface area contributed by atoms with E-state index in [1.807, 2.05) is 18.2 Å². The fourth-order valence-electron chi connectivity index (χ4n) is 3.60. The number of ether oxygens (including phenoxy) is 2. The summed E-state index contributed by atoms with van der Waals surface area (Å²) in [6, 6.07) is 12.9. The first kappa shape index (κ1) is 17.7. The zero-order valence-electron chi connectivity index (χ0n) is 14.7. The Morgan fingerprint density at radius 1 is 1.08 bits per heavy atom. The summed E-state index contributed by atoms with van der Waals surface area (Å²) >= 11 is 0. The van der Waals surface area contributed by atoms with Crippen LogP contribution in [0.15, 0.2) is 42.5 Å². The number of methoxy groups -OCH3 is 2. The van der Waals surface area contributed by atoms with E-state index in [0.717, 1.165) is 36.6 Å². The molecule has 0 spiro atoms. The van der Waals surface area contributed by atoms with Gasteiger partial charge in [0.15, 0.2) is 11.5 Å². The topological polar surface area (TPSA) is 47.7 Å². The average molecular weight is 344 g/mol. The normalized spacial score (nSPS) is 21.1. The van der Waals surface area contributed by atoms with Gasteiger partial charge >= 0.3 is 0 Å². The van der Waals surface area contributed by atoms with Gasteiger partial charge in [-0.15, -0.1) is 0 Å². The lowest BCUT2D eigenvalue weighted by Crippen LogP contribution is -2.45. The molecule has 0 aliphatic carbocycles. The molecular weight excluding hydrogens is 319 g/mol. The van der Waals surface area contributed by atoms with Gasteiger partial charge in [-0.25, -0.2) is 4.39 Å². The molecule has 5 heteroatoms. The lowest BCUT2D eigenvalue weighted by atomic mass is 9.88. The van der Waals surface area contributed by atoms with E-state index in [4.69, 9.17) is 15.2 Å². The Morgan fingerprint density at radius 3 is 2.60 bits per heavy atom. The van der Waals surface area contributed by atoms with Crippen molar-refractivity contribution in [3.63, 3.8) is 0 Å². The van der Waals surface area contributed by atoms with Crippen LogP contribution in [0.5, 0.6) is 11.5 Å². The molecule has 134 valence electrons. The van der Waals surface area contributed by atoms with Crippen LogP contribution >= 0.6 is 0 Å². The summed E-state index contributed by atoms with van der Waals surface area (Å²) in [5.74, 6) is 1.58. The smallest absolute Gasteiger partial charge is 0.160 e. The van der Waals surface area contributed by atoms with E-state index in [2.05, 4.69) is 11.0 Å². The molecule has 0 bridgehead atoms. The highest BCUT2D eigenvalue weighted by atomic mass is 19.1. The van der Waals surface area contributed by atoms with Crippen LogP contribution < -0.4 is 15.2 Å². The molecule has 1 aliphatic rings. The lowest BCUT2D eigenvalue weighted by Gasteiger charge is -2.36. The molecule has 4 nitrogen and oxygen atoms in total. The number of likely N-dealkylation sites (tertiary alicyclic amines) is 1. The van der Waals surface area contributed by atoms with Gasteiger partial charge in [0, 0.05) is 25.7 Å². The molecule has 1 heterocycles. The van der Waals surface area contributed by atoms with E-state index in [-0.39, 0.29) is 11.9 Å². The highest BCUT2D eigenvalue weighted by molar-refractivity contribution is 5.44. The van der Waals surface area contributed by atoms with Crippen molar-refractivity contribution < 1.29 is 13.9 Å². The summed E-state index contributed by atoms with van der Waals surface area (Å²) in [5, 5.41) is 0. The third-order valence-corrected chi connectivity index (χ3v) is 4.73. The molecule has 0 aromatic heterocycles. The number of nitrogens with zero attached hydrogens (tertiary/aromatic N) is 1. The van der Waals surface area contributed by atoms with Crippen molar-refractivity contribution in [3.05, 3.63) is 59.4 Å². The van der Waals surface area contributed by atoms with Crippen molar-refractivity contribution in [2.45, 2.75) is 24.9 Å². The van der Waals surface area contributed by atoms with Crippen LogP contribution in [0.2, 0.25) is 0 Å².